The molecule has 0 radical (unpaired) electrons. The third-order valence-corrected chi connectivity index (χ3v) is 5.25. The van der Waals surface area contributed by atoms with Gasteiger partial charge >= 0.3 is 0 Å². The van der Waals surface area contributed by atoms with E-state index in [0.717, 1.165) is 6.42 Å². The van der Waals surface area contributed by atoms with E-state index in [1.54, 1.807) is 0 Å². The van der Waals surface area contributed by atoms with Gasteiger partial charge in [0.2, 0.25) is 0 Å². The minimum Gasteiger partial charge on any atom is -0.0835 e. The van der Waals surface area contributed by atoms with Gasteiger partial charge in [-0.1, -0.05) is 62.2 Å². The molecule has 1 unspecified atom stereocenters. The highest BCUT2D eigenvalue weighted by Crippen LogP contribution is 2.30. The van der Waals surface area contributed by atoms with Crippen molar-refractivity contribution in [2.75, 3.05) is 0 Å². The molecule has 0 heterocycles. The van der Waals surface area contributed by atoms with E-state index in [4.69, 9.17) is 0 Å². The summed E-state index contributed by atoms with van der Waals surface area (Å²) in [7, 11) is 0. The first-order valence-corrected chi connectivity index (χ1v) is 8.14. The molecule has 19 heavy (non-hydrogen) atoms. The second-order valence-electron chi connectivity index (χ2n) is 5.10. The lowest BCUT2D eigenvalue weighted by atomic mass is 10.00. The molecule has 0 spiro atoms. The minimum absolute atomic E-state index is 0.353. The third kappa shape index (κ3) is 3.70. The minimum atomic E-state index is 0.353. The molecule has 0 aliphatic rings. The Labute approximate surface area is 132 Å². The van der Waals surface area contributed by atoms with Gasteiger partial charge in [-0.2, -0.15) is 0 Å². The zero-order valence-corrected chi connectivity index (χ0v) is 14.7. The van der Waals surface area contributed by atoms with Crippen molar-refractivity contribution in [3.8, 4) is 0 Å². The molecule has 2 heteroatoms. The Morgan fingerprint density at radius 2 is 1.58 bits per heavy atom. The fourth-order valence-electron chi connectivity index (χ4n) is 2.06. The summed E-state index contributed by atoms with van der Waals surface area (Å²) in [5.74, 6) is 0. The van der Waals surface area contributed by atoms with Crippen LogP contribution in [0.3, 0.4) is 0 Å². The quantitative estimate of drug-likeness (QED) is 0.567. The van der Waals surface area contributed by atoms with Crippen LogP contribution in [-0.4, -0.2) is 0 Å². The Kier molecular flexibility index (Phi) is 4.86. The molecule has 0 N–H and O–H groups in total. The summed E-state index contributed by atoms with van der Waals surface area (Å²) in [6.45, 7) is 6.44. The Hall–Kier alpha value is -0.600. The number of alkyl halides is 1. The normalized spacial score (nSPS) is 12.5. The van der Waals surface area contributed by atoms with Gasteiger partial charge in [0.05, 0.1) is 0 Å². The van der Waals surface area contributed by atoms with Crippen LogP contribution in [0.4, 0.5) is 0 Å². The van der Waals surface area contributed by atoms with Crippen LogP contribution in [0.5, 0.6) is 0 Å². The van der Waals surface area contributed by atoms with Crippen molar-refractivity contribution in [1.82, 2.24) is 0 Å². The van der Waals surface area contributed by atoms with E-state index in [1.165, 1.54) is 32.3 Å². The van der Waals surface area contributed by atoms with Crippen molar-refractivity contribution < 1.29 is 0 Å². The molecular weight excluding hydrogens is 364 g/mol. The molecule has 2 aromatic rings. The van der Waals surface area contributed by atoms with Crippen LogP contribution in [0.1, 0.15) is 32.6 Å². The lowest BCUT2D eigenvalue weighted by molar-refractivity contribution is 0.943. The Morgan fingerprint density at radius 1 is 0.895 bits per heavy atom. The molecule has 0 aliphatic heterocycles. The van der Waals surface area contributed by atoms with Crippen LogP contribution in [0.25, 0.3) is 0 Å². The molecule has 0 aromatic heterocycles. The van der Waals surface area contributed by atoms with Crippen molar-refractivity contribution in [2.45, 2.75) is 32.0 Å². The molecule has 0 fully saturated rings. The molecule has 0 amide bonds. The van der Waals surface area contributed by atoms with Gasteiger partial charge < -0.3 is 0 Å². The first kappa shape index (κ1) is 14.8. The maximum Gasteiger partial charge on any atom is 0.0436 e. The van der Waals surface area contributed by atoms with Gasteiger partial charge in [-0.3, -0.25) is 0 Å². The summed E-state index contributed by atoms with van der Waals surface area (Å²) in [6, 6.07) is 13.3. The fourth-order valence-corrected chi connectivity index (χ4v) is 3.11. The number of benzene rings is 2. The first-order valence-electron chi connectivity index (χ1n) is 6.43. The number of rotatable bonds is 3. The molecule has 1 atom stereocenters. The molecule has 0 aliphatic carbocycles. The first-order chi connectivity index (χ1) is 8.97. The highest BCUT2D eigenvalue weighted by atomic mass is 79.9. The Bertz CT molecular complexity index is 588. The topological polar surface area (TPSA) is 0 Å². The van der Waals surface area contributed by atoms with Gasteiger partial charge in [-0.25, -0.2) is 0 Å². The largest absolute Gasteiger partial charge is 0.0835 e. The van der Waals surface area contributed by atoms with Gasteiger partial charge in [0.1, 0.15) is 0 Å². The van der Waals surface area contributed by atoms with Crippen molar-refractivity contribution in [3.05, 3.63) is 68.7 Å². The monoisotopic (exact) mass is 380 g/mol. The maximum absolute atomic E-state index is 3.80. The SMILES string of the molecule is Cc1ccc(CC(Br)c2ccc(C)c(Br)c2)cc1C. The molecule has 2 rings (SSSR count). The maximum atomic E-state index is 3.80. The van der Waals surface area contributed by atoms with Crippen LogP contribution in [0.2, 0.25) is 0 Å². The zero-order chi connectivity index (χ0) is 14.0. The van der Waals surface area contributed by atoms with E-state index in [0.29, 0.717) is 4.83 Å². The molecule has 2 aromatic carbocycles. The predicted molar refractivity (Wildman–Crippen MR) is 90.2 cm³/mol. The Balaban J connectivity index is 2.17. The average Bonchev–Trinajstić information content (AvgIpc) is 2.37. The third-order valence-electron chi connectivity index (χ3n) is 3.54. The van der Waals surface area contributed by atoms with Crippen molar-refractivity contribution in [1.29, 1.82) is 0 Å². The molecular formula is C17H18Br2. The molecule has 0 nitrogen and oxygen atoms in total. The molecule has 0 saturated heterocycles. The Morgan fingerprint density at radius 3 is 2.21 bits per heavy atom. The average molecular weight is 382 g/mol. The molecule has 0 saturated carbocycles. The van der Waals surface area contributed by atoms with Gasteiger partial charge in [0.15, 0.2) is 0 Å². The summed E-state index contributed by atoms with van der Waals surface area (Å²) in [5, 5.41) is 0. The second-order valence-corrected chi connectivity index (χ2v) is 7.06. The summed E-state index contributed by atoms with van der Waals surface area (Å²) in [6.07, 6.45) is 1.01. The highest BCUT2D eigenvalue weighted by Gasteiger charge is 2.10. The van der Waals surface area contributed by atoms with Gasteiger partial charge in [-0.15, -0.1) is 0 Å². The van der Waals surface area contributed by atoms with Crippen LogP contribution < -0.4 is 0 Å². The lowest BCUT2D eigenvalue weighted by Crippen LogP contribution is -1.97. The summed E-state index contributed by atoms with van der Waals surface area (Å²) in [5.41, 5.74) is 6.68. The number of aryl methyl sites for hydroxylation is 3. The van der Waals surface area contributed by atoms with Crippen molar-refractivity contribution in [2.24, 2.45) is 0 Å². The van der Waals surface area contributed by atoms with Crippen LogP contribution in [-0.2, 0) is 6.42 Å². The number of hydrogen-bond donors (Lipinski definition) is 0. The van der Waals surface area contributed by atoms with E-state index in [1.807, 2.05) is 0 Å². The van der Waals surface area contributed by atoms with E-state index in [2.05, 4.69) is 89.0 Å². The molecule has 100 valence electrons. The van der Waals surface area contributed by atoms with Crippen LogP contribution in [0.15, 0.2) is 40.9 Å². The van der Waals surface area contributed by atoms with Crippen LogP contribution >= 0.6 is 31.9 Å². The van der Waals surface area contributed by atoms with E-state index < -0.39 is 0 Å². The smallest absolute Gasteiger partial charge is 0.0436 e. The fraction of sp³-hybridized carbons (Fsp3) is 0.294. The van der Waals surface area contributed by atoms with Crippen molar-refractivity contribution >= 4 is 31.9 Å². The van der Waals surface area contributed by atoms with Gasteiger partial charge in [-0.05, 0) is 61.1 Å². The van der Waals surface area contributed by atoms with Gasteiger partial charge in [0.25, 0.3) is 0 Å². The standard InChI is InChI=1S/C17H18Br2/c1-11-4-6-14(8-13(11)3)9-17(19)15-7-5-12(2)16(18)10-15/h4-8,10,17H,9H2,1-3H3. The van der Waals surface area contributed by atoms with Crippen molar-refractivity contribution in [3.63, 3.8) is 0 Å². The zero-order valence-electron chi connectivity index (χ0n) is 11.5. The molecule has 0 bridgehead atoms. The van der Waals surface area contributed by atoms with E-state index in [-0.39, 0.29) is 0 Å². The highest BCUT2D eigenvalue weighted by molar-refractivity contribution is 9.10. The summed E-state index contributed by atoms with van der Waals surface area (Å²) < 4.78 is 1.18. The second kappa shape index (κ2) is 6.23. The lowest BCUT2D eigenvalue weighted by Gasteiger charge is -2.13. The van der Waals surface area contributed by atoms with E-state index >= 15 is 0 Å². The summed E-state index contributed by atoms with van der Waals surface area (Å²) >= 11 is 7.40. The number of hydrogen-bond acceptors (Lipinski definition) is 0. The predicted octanol–water partition coefficient (Wildman–Crippen LogP) is 6.05. The van der Waals surface area contributed by atoms with E-state index in [9.17, 15) is 0 Å². The van der Waals surface area contributed by atoms with Crippen LogP contribution in [0, 0.1) is 20.8 Å². The number of halogens is 2. The van der Waals surface area contributed by atoms with Gasteiger partial charge in [0, 0.05) is 9.30 Å². The summed E-state index contributed by atoms with van der Waals surface area (Å²) in [4.78, 5) is 0.353.